The number of aryl methyl sites for hydroxylation is 1. The molecule has 33 heavy (non-hydrogen) atoms. The predicted molar refractivity (Wildman–Crippen MR) is 134 cm³/mol. The highest BCUT2D eigenvalue weighted by Gasteiger charge is 2.17. The van der Waals surface area contributed by atoms with Crippen molar-refractivity contribution in [2.75, 3.05) is 20.1 Å². The fourth-order valence-corrected chi connectivity index (χ4v) is 3.98. The van der Waals surface area contributed by atoms with E-state index in [1.54, 1.807) is 0 Å². The highest BCUT2D eigenvalue weighted by Crippen LogP contribution is 2.31. The molecule has 0 spiro atoms. The fourth-order valence-electron chi connectivity index (χ4n) is 3.65. The summed E-state index contributed by atoms with van der Waals surface area (Å²) in [4.78, 5) is 18.9. The van der Waals surface area contributed by atoms with E-state index in [4.69, 9.17) is 21.3 Å². The molecule has 1 N–H and O–H groups in total. The van der Waals surface area contributed by atoms with Crippen molar-refractivity contribution in [2.24, 2.45) is 0 Å². The Hall–Kier alpha value is -2.64. The van der Waals surface area contributed by atoms with Crippen molar-refractivity contribution in [3.63, 3.8) is 0 Å². The highest BCUT2D eigenvalue weighted by molar-refractivity contribution is 6.35. The molecule has 0 atom stereocenters. The van der Waals surface area contributed by atoms with E-state index >= 15 is 0 Å². The molecule has 0 bridgehead atoms. The number of nitrogens with zero attached hydrogens (tertiary/aromatic N) is 4. The number of hydrogen-bond donors (Lipinski definition) is 1. The first-order valence-corrected chi connectivity index (χ1v) is 11.6. The summed E-state index contributed by atoms with van der Waals surface area (Å²) in [5.41, 5.74) is 4.18. The Morgan fingerprint density at radius 3 is 2.67 bits per heavy atom. The molecule has 3 rings (SSSR count). The van der Waals surface area contributed by atoms with Crippen LogP contribution in [0.5, 0.6) is 0 Å². The Morgan fingerprint density at radius 2 is 2.00 bits per heavy atom. The number of pyridine rings is 1. The lowest BCUT2D eigenvalue weighted by molar-refractivity contribution is 0.0523. The van der Waals surface area contributed by atoms with Crippen molar-refractivity contribution in [2.45, 2.75) is 59.7 Å². The zero-order chi connectivity index (χ0) is 24.3. The first kappa shape index (κ1) is 25.0. The van der Waals surface area contributed by atoms with Gasteiger partial charge in [0.25, 0.3) is 0 Å². The molecular weight excluding hydrogens is 438 g/mol. The van der Waals surface area contributed by atoms with Crippen LogP contribution in [0, 0.1) is 6.92 Å². The SMILES string of the molecule is Cc1nn(C(C)C)c2nc(-c3cccc(CN(C)CCNC(=O)OC(C)(C)C)c3)cc(Cl)c12. The van der Waals surface area contributed by atoms with Crippen molar-refractivity contribution in [1.82, 2.24) is 25.0 Å². The first-order chi connectivity index (χ1) is 15.4. The average Bonchev–Trinajstić information content (AvgIpc) is 3.04. The van der Waals surface area contributed by atoms with Gasteiger partial charge in [0.2, 0.25) is 0 Å². The number of halogens is 1. The fraction of sp³-hybridized carbons (Fsp3) is 0.480. The number of amides is 1. The van der Waals surface area contributed by atoms with Crippen LogP contribution in [0.2, 0.25) is 5.02 Å². The maximum Gasteiger partial charge on any atom is 0.407 e. The Bertz CT molecular complexity index is 1130. The number of fused-ring (bicyclic) bond motifs is 1. The van der Waals surface area contributed by atoms with Crippen LogP contribution >= 0.6 is 11.6 Å². The monoisotopic (exact) mass is 471 g/mol. The van der Waals surface area contributed by atoms with Crippen molar-refractivity contribution in [3.8, 4) is 11.3 Å². The van der Waals surface area contributed by atoms with Crippen molar-refractivity contribution >= 4 is 28.7 Å². The third-order valence-corrected chi connectivity index (χ3v) is 5.41. The summed E-state index contributed by atoms with van der Waals surface area (Å²) >= 11 is 6.64. The van der Waals surface area contributed by atoms with E-state index in [1.807, 2.05) is 57.6 Å². The summed E-state index contributed by atoms with van der Waals surface area (Å²) in [6, 6.07) is 10.4. The van der Waals surface area contributed by atoms with Gasteiger partial charge in [0.1, 0.15) is 5.60 Å². The predicted octanol–water partition coefficient (Wildman–Crippen LogP) is 5.60. The number of carbonyl (C=O) groups is 1. The highest BCUT2D eigenvalue weighted by atomic mass is 35.5. The van der Waals surface area contributed by atoms with E-state index in [0.29, 0.717) is 18.1 Å². The second kappa shape index (κ2) is 10.1. The molecule has 0 radical (unpaired) electrons. The van der Waals surface area contributed by atoms with Crippen LogP contribution in [0.1, 0.15) is 51.9 Å². The van der Waals surface area contributed by atoms with Gasteiger partial charge in [-0.15, -0.1) is 0 Å². The standard InChI is InChI=1S/C25H34ClN5O2/c1-16(2)31-23-22(17(3)29-31)20(26)14-21(28-23)19-10-8-9-18(13-19)15-30(7)12-11-27-24(32)33-25(4,5)6/h8-10,13-14,16H,11-12,15H2,1-7H3,(H,27,32). The molecule has 3 aromatic rings. The van der Waals surface area contributed by atoms with Gasteiger partial charge in [-0.05, 0) is 66.3 Å². The van der Waals surface area contributed by atoms with Gasteiger partial charge < -0.3 is 15.0 Å². The molecule has 178 valence electrons. The van der Waals surface area contributed by atoms with Crippen LogP contribution < -0.4 is 5.32 Å². The number of rotatable bonds is 7. The zero-order valence-corrected chi connectivity index (χ0v) is 21.3. The molecule has 7 nitrogen and oxygen atoms in total. The molecule has 2 heterocycles. The second-order valence-electron chi connectivity index (χ2n) is 9.68. The summed E-state index contributed by atoms with van der Waals surface area (Å²) in [7, 11) is 2.02. The van der Waals surface area contributed by atoms with Crippen LogP contribution in [0.4, 0.5) is 4.79 Å². The molecule has 0 unspecified atom stereocenters. The molecular formula is C25H34ClN5O2. The molecule has 0 saturated carbocycles. The largest absolute Gasteiger partial charge is 0.444 e. The number of ether oxygens (including phenoxy) is 1. The average molecular weight is 472 g/mol. The number of alkyl carbamates (subject to hydrolysis) is 1. The lowest BCUT2D eigenvalue weighted by Gasteiger charge is -2.21. The van der Waals surface area contributed by atoms with Crippen LogP contribution in [0.3, 0.4) is 0 Å². The number of benzene rings is 1. The van der Waals surface area contributed by atoms with Gasteiger partial charge in [-0.1, -0.05) is 29.8 Å². The molecule has 0 saturated heterocycles. The van der Waals surface area contributed by atoms with Crippen molar-refractivity contribution in [3.05, 3.63) is 46.6 Å². The summed E-state index contributed by atoms with van der Waals surface area (Å²) in [6.07, 6.45) is -0.396. The van der Waals surface area contributed by atoms with Gasteiger partial charge in [-0.25, -0.2) is 14.5 Å². The quantitative estimate of drug-likeness (QED) is 0.485. The molecule has 0 aliphatic carbocycles. The molecule has 1 aromatic carbocycles. The van der Waals surface area contributed by atoms with Gasteiger partial charge in [-0.2, -0.15) is 5.10 Å². The smallest absolute Gasteiger partial charge is 0.407 e. The van der Waals surface area contributed by atoms with Crippen molar-refractivity contribution < 1.29 is 9.53 Å². The Balaban J connectivity index is 1.71. The number of likely N-dealkylation sites (N-methyl/N-ethyl adjacent to an activating group) is 1. The van der Waals surface area contributed by atoms with Gasteiger partial charge >= 0.3 is 6.09 Å². The second-order valence-corrected chi connectivity index (χ2v) is 10.1. The van der Waals surface area contributed by atoms with Crippen LogP contribution in [0.25, 0.3) is 22.3 Å². The van der Waals surface area contributed by atoms with Crippen molar-refractivity contribution in [1.29, 1.82) is 0 Å². The molecule has 0 aliphatic rings. The minimum absolute atomic E-state index is 0.189. The van der Waals surface area contributed by atoms with Gasteiger partial charge in [-0.3, -0.25) is 0 Å². The Morgan fingerprint density at radius 1 is 1.27 bits per heavy atom. The Labute approximate surface area is 201 Å². The maximum atomic E-state index is 11.8. The summed E-state index contributed by atoms with van der Waals surface area (Å²) in [5, 5.41) is 8.99. The van der Waals surface area contributed by atoms with Gasteiger partial charge in [0.15, 0.2) is 5.65 Å². The zero-order valence-electron chi connectivity index (χ0n) is 20.6. The normalized spacial score (nSPS) is 12.1. The third kappa shape index (κ3) is 6.45. The minimum atomic E-state index is -0.498. The van der Waals surface area contributed by atoms with E-state index in [0.717, 1.165) is 40.1 Å². The molecule has 1 amide bonds. The Kier molecular flexibility index (Phi) is 7.65. The maximum absolute atomic E-state index is 11.8. The van der Waals surface area contributed by atoms with E-state index in [9.17, 15) is 4.79 Å². The summed E-state index contributed by atoms with van der Waals surface area (Å²) in [6.45, 7) is 13.6. The number of carbonyl (C=O) groups excluding carboxylic acids is 1. The van der Waals surface area contributed by atoms with Gasteiger partial charge in [0.05, 0.1) is 21.8 Å². The first-order valence-electron chi connectivity index (χ1n) is 11.2. The summed E-state index contributed by atoms with van der Waals surface area (Å²) in [5.74, 6) is 0. The lowest BCUT2D eigenvalue weighted by Crippen LogP contribution is -2.36. The third-order valence-electron chi connectivity index (χ3n) is 5.11. The number of aromatic nitrogens is 3. The van der Waals surface area contributed by atoms with E-state index in [1.165, 1.54) is 0 Å². The van der Waals surface area contributed by atoms with Crippen LogP contribution in [0.15, 0.2) is 30.3 Å². The van der Waals surface area contributed by atoms with E-state index in [-0.39, 0.29) is 6.04 Å². The van der Waals surface area contributed by atoms with Crippen LogP contribution in [-0.2, 0) is 11.3 Å². The molecule has 0 fully saturated rings. The number of nitrogens with one attached hydrogen (secondary N) is 1. The minimum Gasteiger partial charge on any atom is -0.444 e. The van der Waals surface area contributed by atoms with Crippen LogP contribution in [-0.4, -0.2) is 51.5 Å². The van der Waals surface area contributed by atoms with E-state index in [2.05, 4.69) is 41.3 Å². The number of hydrogen-bond acceptors (Lipinski definition) is 5. The summed E-state index contributed by atoms with van der Waals surface area (Å²) < 4.78 is 7.20. The molecule has 8 heteroatoms. The topological polar surface area (TPSA) is 72.3 Å². The van der Waals surface area contributed by atoms with E-state index < -0.39 is 11.7 Å². The molecule has 2 aromatic heterocycles. The lowest BCUT2D eigenvalue weighted by atomic mass is 10.1. The molecule has 0 aliphatic heterocycles. The van der Waals surface area contributed by atoms with Gasteiger partial charge in [0, 0.05) is 31.2 Å².